The Morgan fingerprint density at radius 3 is 2.21 bits per heavy atom. The Morgan fingerprint density at radius 1 is 0.828 bits per heavy atom. The molecule has 0 bridgehead atoms. The first-order valence-corrected chi connectivity index (χ1v) is 10.9. The minimum atomic E-state index is -0.173. The SMILES string of the molecule is CCCCCOC(=O)CCCCCCCCC(=O)OCc1ccc2c(c1)OCO2. The molecule has 0 saturated carbocycles. The Bertz CT molecular complexity index is 628. The van der Waals surface area contributed by atoms with Gasteiger partial charge >= 0.3 is 11.9 Å². The zero-order valence-electron chi connectivity index (χ0n) is 17.6. The van der Waals surface area contributed by atoms with Gasteiger partial charge in [0.15, 0.2) is 11.5 Å². The van der Waals surface area contributed by atoms with Crippen molar-refractivity contribution in [1.29, 1.82) is 0 Å². The molecule has 2 rings (SSSR count). The lowest BCUT2D eigenvalue weighted by molar-refractivity contribution is -0.145. The lowest BCUT2D eigenvalue weighted by Gasteiger charge is -2.06. The van der Waals surface area contributed by atoms with Gasteiger partial charge < -0.3 is 18.9 Å². The Balaban J connectivity index is 1.40. The van der Waals surface area contributed by atoms with E-state index in [4.69, 9.17) is 18.9 Å². The van der Waals surface area contributed by atoms with Gasteiger partial charge in [-0.25, -0.2) is 0 Å². The third-order valence-corrected chi connectivity index (χ3v) is 4.86. The van der Waals surface area contributed by atoms with E-state index in [9.17, 15) is 9.59 Å². The molecule has 6 heteroatoms. The second-order valence-corrected chi connectivity index (χ2v) is 7.40. The Kier molecular flexibility index (Phi) is 11.0. The molecule has 0 aromatic heterocycles. The maximum Gasteiger partial charge on any atom is 0.306 e. The number of hydrogen-bond acceptors (Lipinski definition) is 6. The molecule has 0 spiro atoms. The van der Waals surface area contributed by atoms with E-state index < -0.39 is 0 Å². The van der Waals surface area contributed by atoms with Gasteiger partial charge in [0, 0.05) is 12.8 Å². The van der Waals surface area contributed by atoms with Crippen molar-refractivity contribution in [1.82, 2.24) is 0 Å². The molecule has 0 saturated heterocycles. The summed E-state index contributed by atoms with van der Waals surface area (Å²) in [4.78, 5) is 23.4. The van der Waals surface area contributed by atoms with Crippen LogP contribution in [-0.2, 0) is 25.7 Å². The second kappa shape index (κ2) is 13.9. The molecular formula is C23H34O6. The van der Waals surface area contributed by atoms with Crippen LogP contribution in [0.1, 0.15) is 83.1 Å². The Labute approximate surface area is 173 Å². The van der Waals surface area contributed by atoms with Crippen LogP contribution in [0.5, 0.6) is 11.5 Å². The van der Waals surface area contributed by atoms with E-state index >= 15 is 0 Å². The van der Waals surface area contributed by atoms with Crippen molar-refractivity contribution < 1.29 is 28.5 Å². The van der Waals surface area contributed by atoms with E-state index in [0.29, 0.717) is 25.2 Å². The zero-order chi connectivity index (χ0) is 20.7. The number of carbonyl (C=O) groups excluding carboxylic acids is 2. The molecule has 1 aromatic rings. The van der Waals surface area contributed by atoms with Gasteiger partial charge in [-0.15, -0.1) is 0 Å². The van der Waals surface area contributed by atoms with Crippen molar-refractivity contribution in [2.45, 2.75) is 84.2 Å². The summed E-state index contributed by atoms with van der Waals surface area (Å²) in [5, 5.41) is 0. The fourth-order valence-electron chi connectivity index (χ4n) is 3.12. The molecule has 1 heterocycles. The molecule has 0 fully saturated rings. The summed E-state index contributed by atoms with van der Waals surface area (Å²) in [6.07, 6.45) is 10.0. The summed E-state index contributed by atoms with van der Waals surface area (Å²) in [6.45, 7) is 3.18. The first-order chi connectivity index (χ1) is 14.2. The quantitative estimate of drug-likeness (QED) is 0.290. The van der Waals surface area contributed by atoms with Crippen LogP contribution in [-0.4, -0.2) is 25.3 Å². The molecule has 0 amide bonds. The van der Waals surface area contributed by atoms with Crippen molar-refractivity contribution in [2.75, 3.05) is 13.4 Å². The summed E-state index contributed by atoms with van der Waals surface area (Å²) in [5.41, 5.74) is 0.895. The highest BCUT2D eigenvalue weighted by Crippen LogP contribution is 2.32. The molecule has 162 valence electrons. The van der Waals surface area contributed by atoms with Gasteiger partial charge in [-0.3, -0.25) is 9.59 Å². The normalized spacial score (nSPS) is 12.0. The number of esters is 2. The number of ether oxygens (including phenoxy) is 4. The van der Waals surface area contributed by atoms with Gasteiger partial charge in [0.2, 0.25) is 6.79 Å². The fourth-order valence-corrected chi connectivity index (χ4v) is 3.12. The van der Waals surface area contributed by atoms with Gasteiger partial charge in [0.25, 0.3) is 0 Å². The molecule has 0 unspecified atom stereocenters. The molecule has 0 atom stereocenters. The third-order valence-electron chi connectivity index (χ3n) is 4.86. The van der Waals surface area contributed by atoms with E-state index in [2.05, 4.69) is 6.92 Å². The van der Waals surface area contributed by atoms with Crippen LogP contribution >= 0.6 is 0 Å². The molecular weight excluding hydrogens is 372 g/mol. The highest BCUT2D eigenvalue weighted by atomic mass is 16.7. The van der Waals surface area contributed by atoms with Crippen LogP contribution in [0.4, 0.5) is 0 Å². The third kappa shape index (κ3) is 9.68. The van der Waals surface area contributed by atoms with E-state index in [1.165, 1.54) is 0 Å². The van der Waals surface area contributed by atoms with E-state index in [1.54, 1.807) is 0 Å². The largest absolute Gasteiger partial charge is 0.466 e. The summed E-state index contributed by atoms with van der Waals surface area (Å²) >= 11 is 0. The van der Waals surface area contributed by atoms with Crippen molar-refractivity contribution in [3.05, 3.63) is 23.8 Å². The summed E-state index contributed by atoms with van der Waals surface area (Å²) in [7, 11) is 0. The fraction of sp³-hybridized carbons (Fsp3) is 0.652. The average molecular weight is 407 g/mol. The number of unbranched alkanes of at least 4 members (excludes halogenated alkanes) is 7. The number of fused-ring (bicyclic) bond motifs is 1. The molecule has 0 N–H and O–H groups in total. The van der Waals surface area contributed by atoms with Crippen molar-refractivity contribution in [3.8, 4) is 11.5 Å². The minimum absolute atomic E-state index is 0.0775. The lowest BCUT2D eigenvalue weighted by atomic mass is 10.1. The van der Waals surface area contributed by atoms with Crippen LogP contribution in [0.3, 0.4) is 0 Å². The maximum atomic E-state index is 11.9. The predicted octanol–water partition coefficient (Wildman–Crippen LogP) is 5.31. The average Bonchev–Trinajstić information content (AvgIpc) is 3.19. The van der Waals surface area contributed by atoms with Gasteiger partial charge in [-0.05, 0) is 37.0 Å². The smallest absolute Gasteiger partial charge is 0.306 e. The first-order valence-electron chi connectivity index (χ1n) is 10.9. The van der Waals surface area contributed by atoms with E-state index in [1.807, 2.05) is 18.2 Å². The highest BCUT2D eigenvalue weighted by Gasteiger charge is 2.13. The van der Waals surface area contributed by atoms with E-state index in [-0.39, 0.29) is 25.3 Å². The first kappa shape index (κ1) is 23.0. The highest BCUT2D eigenvalue weighted by molar-refractivity contribution is 5.69. The zero-order valence-corrected chi connectivity index (χ0v) is 17.6. The second-order valence-electron chi connectivity index (χ2n) is 7.40. The number of rotatable bonds is 15. The minimum Gasteiger partial charge on any atom is -0.466 e. The molecule has 0 aliphatic carbocycles. The van der Waals surface area contributed by atoms with Crippen molar-refractivity contribution in [2.24, 2.45) is 0 Å². The molecule has 1 aliphatic heterocycles. The Morgan fingerprint density at radius 2 is 1.48 bits per heavy atom. The van der Waals surface area contributed by atoms with Gasteiger partial charge in [-0.2, -0.15) is 0 Å². The number of benzene rings is 1. The topological polar surface area (TPSA) is 71.1 Å². The van der Waals surface area contributed by atoms with E-state index in [0.717, 1.165) is 69.1 Å². The van der Waals surface area contributed by atoms with Crippen LogP contribution in [0, 0.1) is 0 Å². The standard InChI is InChI=1S/C23H34O6/c1-2-3-10-15-26-22(24)11-8-6-4-5-7-9-12-23(25)27-17-19-13-14-20-21(16-19)29-18-28-20/h13-14,16H,2-12,15,17-18H2,1H3. The van der Waals surface area contributed by atoms with Gasteiger partial charge in [0.05, 0.1) is 6.61 Å². The summed E-state index contributed by atoms with van der Waals surface area (Å²) in [5.74, 6) is 1.17. The summed E-state index contributed by atoms with van der Waals surface area (Å²) in [6, 6.07) is 5.55. The molecule has 1 aliphatic rings. The maximum absolute atomic E-state index is 11.9. The van der Waals surface area contributed by atoms with Crippen LogP contribution in [0.15, 0.2) is 18.2 Å². The van der Waals surface area contributed by atoms with Crippen LogP contribution < -0.4 is 9.47 Å². The number of hydrogen-bond donors (Lipinski definition) is 0. The van der Waals surface area contributed by atoms with Crippen molar-refractivity contribution in [3.63, 3.8) is 0 Å². The monoisotopic (exact) mass is 406 g/mol. The van der Waals surface area contributed by atoms with Gasteiger partial charge in [0.1, 0.15) is 6.61 Å². The molecule has 1 aromatic carbocycles. The van der Waals surface area contributed by atoms with Gasteiger partial charge in [-0.1, -0.05) is 51.5 Å². The Hall–Kier alpha value is -2.24. The molecule has 6 nitrogen and oxygen atoms in total. The van der Waals surface area contributed by atoms with Crippen LogP contribution in [0.25, 0.3) is 0 Å². The molecule has 29 heavy (non-hydrogen) atoms. The predicted molar refractivity (Wildman–Crippen MR) is 110 cm³/mol. The van der Waals surface area contributed by atoms with Crippen molar-refractivity contribution >= 4 is 11.9 Å². The number of carbonyl (C=O) groups is 2. The summed E-state index contributed by atoms with van der Waals surface area (Å²) < 4.78 is 21.1. The lowest BCUT2D eigenvalue weighted by Crippen LogP contribution is -2.05. The van der Waals surface area contributed by atoms with Crippen LogP contribution in [0.2, 0.25) is 0 Å². The molecule has 0 radical (unpaired) electrons.